The van der Waals surface area contributed by atoms with Crippen LogP contribution >= 0.6 is 0 Å². The first-order valence-corrected chi connectivity index (χ1v) is 3.78. The van der Waals surface area contributed by atoms with E-state index in [1.54, 1.807) is 0 Å². The Bertz CT molecular complexity index is 332. The van der Waals surface area contributed by atoms with E-state index in [1.807, 2.05) is 0 Å². The number of carbonyl (C=O) groups is 1. The van der Waals surface area contributed by atoms with Crippen LogP contribution in [0.1, 0.15) is 24.3 Å². The number of carbonyl (C=O) groups excluding carboxylic acids is 1. The first-order chi connectivity index (χ1) is 6.38. The van der Waals surface area contributed by atoms with E-state index in [0.717, 1.165) is 12.4 Å². The van der Waals surface area contributed by atoms with Crippen LogP contribution in [0.3, 0.4) is 0 Å². The number of hydrogen-bond donors (Lipinski definition) is 0. The number of hydrogen-bond acceptors (Lipinski definition) is 4. The van der Waals surface area contributed by atoms with Crippen LogP contribution < -0.4 is 4.74 Å². The van der Waals surface area contributed by atoms with Gasteiger partial charge in [0.2, 0.25) is 5.88 Å². The zero-order valence-electron chi connectivity index (χ0n) is 7.62. The van der Waals surface area contributed by atoms with Gasteiger partial charge in [0, 0.05) is 13.8 Å². The van der Waals surface area contributed by atoms with Crippen LogP contribution in [-0.4, -0.2) is 21.9 Å². The van der Waals surface area contributed by atoms with Gasteiger partial charge in [0.1, 0.15) is 5.69 Å². The third-order valence-electron chi connectivity index (χ3n) is 1.27. The summed E-state index contributed by atoms with van der Waals surface area (Å²) < 4.78 is 28.7. The van der Waals surface area contributed by atoms with Crippen molar-refractivity contribution in [2.45, 2.75) is 20.0 Å². The topological polar surface area (TPSA) is 52.1 Å². The molecule has 1 rings (SSSR count). The van der Waals surface area contributed by atoms with E-state index >= 15 is 0 Å². The van der Waals surface area contributed by atoms with Crippen molar-refractivity contribution in [2.75, 3.05) is 0 Å². The number of rotatable bonds is 3. The van der Waals surface area contributed by atoms with Crippen LogP contribution in [0.4, 0.5) is 8.78 Å². The fraction of sp³-hybridized carbons (Fsp3) is 0.375. The van der Waals surface area contributed by atoms with Crippen molar-refractivity contribution in [3.8, 4) is 5.88 Å². The smallest absolute Gasteiger partial charge is 0.396 e. The molecule has 0 saturated heterocycles. The first-order valence-electron chi connectivity index (χ1n) is 3.78. The Morgan fingerprint density at radius 2 is 2.07 bits per heavy atom. The summed E-state index contributed by atoms with van der Waals surface area (Å²) in [6, 6.07) is 0. The first kappa shape index (κ1) is 10.5. The molecule has 4 nitrogen and oxygen atoms in total. The van der Waals surface area contributed by atoms with Gasteiger partial charge in [-0.3, -0.25) is 4.79 Å². The maximum absolute atomic E-state index is 12.3. The number of ketones is 1. The highest BCUT2D eigenvalue weighted by atomic mass is 19.3. The highest BCUT2D eigenvalue weighted by Gasteiger charge is 2.24. The predicted octanol–water partition coefficient (Wildman–Crippen LogP) is 1.67. The molecular weight excluding hydrogens is 194 g/mol. The molecule has 0 atom stereocenters. The van der Waals surface area contributed by atoms with E-state index in [1.165, 1.54) is 6.92 Å². The summed E-state index contributed by atoms with van der Waals surface area (Å²) in [7, 11) is 0. The maximum Gasteiger partial charge on any atom is 0.396 e. The SMILES string of the molecule is CC(=O)c1cnc(OC(C)(F)F)cn1. The van der Waals surface area contributed by atoms with E-state index in [-0.39, 0.29) is 17.4 Å². The van der Waals surface area contributed by atoms with Crippen molar-refractivity contribution in [3.63, 3.8) is 0 Å². The van der Waals surface area contributed by atoms with E-state index in [2.05, 4.69) is 14.7 Å². The molecule has 0 amide bonds. The molecule has 0 aliphatic heterocycles. The highest BCUT2D eigenvalue weighted by Crippen LogP contribution is 2.17. The van der Waals surface area contributed by atoms with Gasteiger partial charge < -0.3 is 4.74 Å². The fourth-order valence-corrected chi connectivity index (χ4v) is 0.734. The molecule has 0 bridgehead atoms. The van der Waals surface area contributed by atoms with Gasteiger partial charge in [0.25, 0.3) is 0 Å². The number of aromatic nitrogens is 2. The minimum absolute atomic E-state index is 0.108. The van der Waals surface area contributed by atoms with Gasteiger partial charge in [0.15, 0.2) is 5.78 Å². The Labute approximate surface area is 78.9 Å². The standard InChI is InChI=1S/C8H8F2N2O2/c1-5(13)6-3-12-7(4-11-6)14-8(2,9)10/h3-4H,1-2H3. The maximum atomic E-state index is 12.3. The summed E-state index contributed by atoms with van der Waals surface area (Å²) in [5.74, 6) is -0.602. The number of alkyl halides is 2. The van der Waals surface area contributed by atoms with E-state index in [0.29, 0.717) is 6.92 Å². The Balaban J connectivity index is 2.79. The molecule has 0 aliphatic rings. The Morgan fingerprint density at radius 3 is 2.43 bits per heavy atom. The molecule has 0 aromatic carbocycles. The van der Waals surface area contributed by atoms with Crippen molar-refractivity contribution in [3.05, 3.63) is 18.1 Å². The lowest BCUT2D eigenvalue weighted by Gasteiger charge is -2.10. The van der Waals surface area contributed by atoms with Crippen molar-refractivity contribution in [2.24, 2.45) is 0 Å². The monoisotopic (exact) mass is 202 g/mol. The van der Waals surface area contributed by atoms with E-state index in [4.69, 9.17) is 0 Å². The van der Waals surface area contributed by atoms with Crippen molar-refractivity contribution >= 4 is 5.78 Å². The molecule has 0 unspecified atom stereocenters. The molecule has 14 heavy (non-hydrogen) atoms. The molecule has 0 fully saturated rings. The second kappa shape index (κ2) is 3.65. The minimum atomic E-state index is -3.30. The van der Waals surface area contributed by atoms with Crippen LogP contribution in [0.25, 0.3) is 0 Å². The molecule has 0 saturated carbocycles. The van der Waals surface area contributed by atoms with Crippen LogP contribution in [0.15, 0.2) is 12.4 Å². The van der Waals surface area contributed by atoms with Crippen LogP contribution in [-0.2, 0) is 0 Å². The molecule has 76 valence electrons. The van der Waals surface area contributed by atoms with Gasteiger partial charge in [0.05, 0.1) is 12.4 Å². The molecule has 1 aromatic rings. The third kappa shape index (κ3) is 3.04. The van der Waals surface area contributed by atoms with Gasteiger partial charge >= 0.3 is 6.11 Å². The largest absolute Gasteiger partial charge is 0.413 e. The van der Waals surface area contributed by atoms with Crippen molar-refractivity contribution in [1.82, 2.24) is 9.97 Å². The number of nitrogens with zero attached hydrogens (tertiary/aromatic N) is 2. The predicted molar refractivity (Wildman–Crippen MR) is 43.3 cm³/mol. The summed E-state index contributed by atoms with van der Waals surface area (Å²) >= 11 is 0. The second-order valence-corrected chi connectivity index (χ2v) is 2.71. The molecule has 0 radical (unpaired) electrons. The van der Waals surface area contributed by atoms with Crippen molar-refractivity contribution < 1.29 is 18.3 Å². The van der Waals surface area contributed by atoms with Gasteiger partial charge in [-0.05, 0) is 0 Å². The normalized spacial score (nSPS) is 11.1. The molecule has 1 heterocycles. The number of halogens is 2. The number of ether oxygens (including phenoxy) is 1. The average Bonchev–Trinajstić information content (AvgIpc) is 2.02. The summed E-state index contributed by atoms with van der Waals surface area (Å²) in [6.07, 6.45) is -1.23. The quantitative estimate of drug-likeness (QED) is 0.699. The zero-order valence-corrected chi connectivity index (χ0v) is 7.62. The third-order valence-corrected chi connectivity index (χ3v) is 1.27. The van der Waals surface area contributed by atoms with Gasteiger partial charge in [-0.2, -0.15) is 8.78 Å². The van der Waals surface area contributed by atoms with Gasteiger partial charge in [-0.25, -0.2) is 9.97 Å². The molecule has 6 heteroatoms. The summed E-state index contributed by atoms with van der Waals surface area (Å²) in [5.41, 5.74) is 0.108. The summed E-state index contributed by atoms with van der Waals surface area (Å²) in [6.45, 7) is 1.90. The summed E-state index contributed by atoms with van der Waals surface area (Å²) in [5, 5.41) is 0. The van der Waals surface area contributed by atoms with E-state index < -0.39 is 6.11 Å². The Hall–Kier alpha value is -1.59. The van der Waals surface area contributed by atoms with E-state index in [9.17, 15) is 13.6 Å². The molecule has 0 spiro atoms. The Morgan fingerprint density at radius 1 is 1.43 bits per heavy atom. The zero-order chi connectivity index (χ0) is 10.8. The molecular formula is C8H8F2N2O2. The average molecular weight is 202 g/mol. The second-order valence-electron chi connectivity index (χ2n) is 2.71. The van der Waals surface area contributed by atoms with Crippen molar-refractivity contribution in [1.29, 1.82) is 0 Å². The van der Waals surface area contributed by atoms with Gasteiger partial charge in [-0.15, -0.1) is 0 Å². The Kier molecular flexibility index (Phi) is 2.73. The fourth-order valence-electron chi connectivity index (χ4n) is 0.734. The van der Waals surface area contributed by atoms with Crippen LogP contribution in [0, 0.1) is 0 Å². The molecule has 0 N–H and O–H groups in total. The van der Waals surface area contributed by atoms with Crippen LogP contribution in [0.5, 0.6) is 5.88 Å². The summed E-state index contributed by atoms with van der Waals surface area (Å²) in [4.78, 5) is 17.8. The lowest BCUT2D eigenvalue weighted by Crippen LogP contribution is -2.20. The molecule has 1 aromatic heterocycles. The van der Waals surface area contributed by atoms with Gasteiger partial charge in [-0.1, -0.05) is 0 Å². The number of Topliss-reactive ketones (excluding diaryl/α,β-unsaturated/α-hetero) is 1. The highest BCUT2D eigenvalue weighted by molar-refractivity contribution is 5.91. The molecule has 0 aliphatic carbocycles. The lowest BCUT2D eigenvalue weighted by molar-refractivity contribution is -0.161. The minimum Gasteiger partial charge on any atom is -0.413 e. The van der Waals surface area contributed by atoms with Crippen LogP contribution in [0.2, 0.25) is 0 Å². The lowest BCUT2D eigenvalue weighted by atomic mass is 10.3.